The summed E-state index contributed by atoms with van der Waals surface area (Å²) in [6.45, 7) is 3.40. The number of piperazine rings is 1. The van der Waals surface area contributed by atoms with Crippen LogP contribution >= 0.6 is 0 Å². The zero-order valence-electron chi connectivity index (χ0n) is 17.3. The second-order valence-corrected chi connectivity index (χ2v) is 9.32. The molecule has 166 valence electrons. The molecule has 1 aliphatic rings. The maximum Gasteiger partial charge on any atom is 0.263 e. The SMILES string of the molecule is CC(C)C(=O)N1CCN(S(=O)(=O)c2ccc(Oc3ccccc3)cc2)[C@@H](C(=O)NO)C1. The molecule has 2 aromatic carbocycles. The van der Waals surface area contributed by atoms with Gasteiger partial charge in [-0.2, -0.15) is 4.31 Å². The van der Waals surface area contributed by atoms with E-state index >= 15 is 0 Å². The minimum atomic E-state index is -4.06. The molecule has 1 fully saturated rings. The Morgan fingerprint density at radius 2 is 1.65 bits per heavy atom. The number of rotatable bonds is 6. The van der Waals surface area contributed by atoms with Crippen LogP contribution in [0.4, 0.5) is 0 Å². The lowest BCUT2D eigenvalue weighted by atomic mass is 10.1. The molecule has 0 aliphatic carbocycles. The van der Waals surface area contributed by atoms with Crippen molar-refractivity contribution in [3.05, 3.63) is 54.6 Å². The minimum absolute atomic E-state index is 0.0210. The van der Waals surface area contributed by atoms with Crippen molar-refractivity contribution in [1.29, 1.82) is 0 Å². The van der Waals surface area contributed by atoms with E-state index in [0.29, 0.717) is 11.5 Å². The van der Waals surface area contributed by atoms with Crippen molar-refractivity contribution in [3.8, 4) is 11.5 Å². The van der Waals surface area contributed by atoms with Gasteiger partial charge in [-0.15, -0.1) is 0 Å². The molecular formula is C21H25N3O6S. The molecule has 3 rings (SSSR count). The Hall–Kier alpha value is -2.95. The number of benzene rings is 2. The predicted octanol–water partition coefficient (Wildman–Crippen LogP) is 1.84. The molecule has 0 aromatic heterocycles. The molecule has 0 unspecified atom stereocenters. The lowest BCUT2D eigenvalue weighted by Crippen LogP contribution is -2.61. The van der Waals surface area contributed by atoms with E-state index in [1.54, 1.807) is 26.0 Å². The van der Waals surface area contributed by atoms with Gasteiger partial charge in [0.25, 0.3) is 5.91 Å². The molecule has 0 saturated carbocycles. The maximum atomic E-state index is 13.2. The summed E-state index contributed by atoms with van der Waals surface area (Å²) in [4.78, 5) is 26.0. The van der Waals surface area contributed by atoms with E-state index in [0.717, 1.165) is 4.31 Å². The van der Waals surface area contributed by atoms with Crippen LogP contribution in [0.5, 0.6) is 11.5 Å². The molecule has 0 spiro atoms. The fourth-order valence-electron chi connectivity index (χ4n) is 3.35. The van der Waals surface area contributed by atoms with Crippen molar-refractivity contribution >= 4 is 21.8 Å². The summed E-state index contributed by atoms with van der Waals surface area (Å²) in [5.41, 5.74) is 1.51. The molecule has 2 N–H and O–H groups in total. The number of nitrogens with zero attached hydrogens (tertiary/aromatic N) is 2. The smallest absolute Gasteiger partial charge is 0.263 e. The van der Waals surface area contributed by atoms with E-state index in [9.17, 15) is 18.0 Å². The van der Waals surface area contributed by atoms with E-state index in [-0.39, 0.29) is 36.4 Å². The summed E-state index contributed by atoms with van der Waals surface area (Å²) in [5, 5.41) is 9.11. The fraction of sp³-hybridized carbons (Fsp3) is 0.333. The van der Waals surface area contributed by atoms with E-state index in [1.165, 1.54) is 34.6 Å². The Morgan fingerprint density at radius 3 is 2.23 bits per heavy atom. The van der Waals surface area contributed by atoms with Gasteiger partial charge in [-0.25, -0.2) is 13.9 Å². The number of carbonyl (C=O) groups excluding carboxylic acids is 2. The van der Waals surface area contributed by atoms with Gasteiger partial charge in [0.1, 0.15) is 17.5 Å². The lowest BCUT2D eigenvalue weighted by molar-refractivity contribution is -0.141. The molecule has 0 radical (unpaired) electrons. The summed E-state index contributed by atoms with van der Waals surface area (Å²) in [6, 6.07) is 13.7. The Balaban J connectivity index is 1.82. The number of amides is 2. The predicted molar refractivity (Wildman–Crippen MR) is 112 cm³/mol. The normalized spacial score (nSPS) is 17.4. The number of ether oxygens (including phenoxy) is 1. The monoisotopic (exact) mass is 447 g/mol. The standard InChI is InChI=1S/C21H25N3O6S/c1-15(2)21(26)23-12-13-24(19(14-23)20(25)22-27)31(28,29)18-10-8-17(9-11-18)30-16-6-4-3-5-7-16/h3-11,15,19,27H,12-14H2,1-2H3,(H,22,25)/t19-/m1/s1. The zero-order valence-corrected chi connectivity index (χ0v) is 18.1. The highest BCUT2D eigenvalue weighted by Gasteiger charge is 2.41. The Bertz CT molecular complexity index is 1020. The van der Waals surface area contributed by atoms with Crippen molar-refractivity contribution in [1.82, 2.24) is 14.7 Å². The molecule has 1 atom stereocenters. The van der Waals surface area contributed by atoms with Gasteiger partial charge >= 0.3 is 0 Å². The van der Waals surface area contributed by atoms with Crippen LogP contribution in [0.3, 0.4) is 0 Å². The van der Waals surface area contributed by atoms with Crippen molar-refractivity contribution in [2.75, 3.05) is 19.6 Å². The van der Waals surface area contributed by atoms with E-state index in [1.807, 2.05) is 18.2 Å². The first kappa shape index (κ1) is 22.7. The zero-order chi connectivity index (χ0) is 22.6. The first-order chi connectivity index (χ1) is 14.7. The second-order valence-electron chi connectivity index (χ2n) is 7.43. The molecule has 1 heterocycles. The number of hydrogen-bond acceptors (Lipinski definition) is 6. The average molecular weight is 448 g/mol. The topological polar surface area (TPSA) is 116 Å². The van der Waals surface area contributed by atoms with Gasteiger partial charge < -0.3 is 9.64 Å². The summed E-state index contributed by atoms with van der Waals surface area (Å²) >= 11 is 0. The highest BCUT2D eigenvalue weighted by atomic mass is 32.2. The molecule has 1 saturated heterocycles. The van der Waals surface area contributed by atoms with Crippen LogP contribution in [0.1, 0.15) is 13.8 Å². The quantitative estimate of drug-likeness (QED) is 0.516. The second kappa shape index (κ2) is 9.46. The summed E-state index contributed by atoms with van der Waals surface area (Å²) in [7, 11) is -4.06. The summed E-state index contributed by atoms with van der Waals surface area (Å²) in [6.07, 6.45) is 0. The number of sulfonamides is 1. The minimum Gasteiger partial charge on any atom is -0.457 e. The first-order valence-electron chi connectivity index (χ1n) is 9.81. The highest BCUT2D eigenvalue weighted by molar-refractivity contribution is 7.89. The van der Waals surface area contributed by atoms with Gasteiger partial charge in [0.05, 0.1) is 4.90 Å². The number of hydroxylamine groups is 1. The van der Waals surface area contributed by atoms with Crippen molar-refractivity contribution in [2.24, 2.45) is 5.92 Å². The molecule has 1 aliphatic heterocycles. The fourth-order valence-corrected chi connectivity index (χ4v) is 4.92. The average Bonchev–Trinajstić information content (AvgIpc) is 2.78. The number of para-hydroxylation sites is 1. The highest BCUT2D eigenvalue weighted by Crippen LogP contribution is 2.26. The maximum absolute atomic E-state index is 13.2. The largest absolute Gasteiger partial charge is 0.457 e. The van der Waals surface area contributed by atoms with E-state index in [4.69, 9.17) is 9.94 Å². The van der Waals surface area contributed by atoms with Crippen LogP contribution < -0.4 is 10.2 Å². The third-order valence-corrected chi connectivity index (χ3v) is 6.88. The Kier molecular flexibility index (Phi) is 6.94. The third kappa shape index (κ3) is 5.04. The number of carbonyl (C=O) groups is 2. The van der Waals surface area contributed by atoms with Crippen molar-refractivity contribution in [2.45, 2.75) is 24.8 Å². The van der Waals surface area contributed by atoms with Crippen molar-refractivity contribution in [3.63, 3.8) is 0 Å². The molecule has 0 bridgehead atoms. The first-order valence-corrected chi connectivity index (χ1v) is 11.3. The van der Waals surface area contributed by atoms with Crippen LogP contribution in [0.15, 0.2) is 59.5 Å². The molecule has 2 aromatic rings. The van der Waals surface area contributed by atoms with Gasteiger partial charge in [-0.1, -0.05) is 32.0 Å². The lowest BCUT2D eigenvalue weighted by Gasteiger charge is -2.39. The van der Waals surface area contributed by atoms with Crippen LogP contribution in [-0.2, 0) is 19.6 Å². The van der Waals surface area contributed by atoms with Crippen molar-refractivity contribution < 1.29 is 28.0 Å². The Labute approximate surface area is 181 Å². The number of hydrogen-bond donors (Lipinski definition) is 2. The van der Waals surface area contributed by atoms with E-state index in [2.05, 4.69) is 0 Å². The molecule has 31 heavy (non-hydrogen) atoms. The van der Waals surface area contributed by atoms with Crippen LogP contribution in [-0.4, -0.2) is 60.3 Å². The molecular weight excluding hydrogens is 422 g/mol. The van der Waals surface area contributed by atoms with Gasteiger partial charge in [0, 0.05) is 25.6 Å². The van der Waals surface area contributed by atoms with Crippen LogP contribution in [0.2, 0.25) is 0 Å². The van der Waals surface area contributed by atoms with Gasteiger partial charge in [-0.3, -0.25) is 14.8 Å². The van der Waals surface area contributed by atoms with Gasteiger partial charge in [-0.05, 0) is 36.4 Å². The Morgan fingerprint density at radius 1 is 1.03 bits per heavy atom. The van der Waals surface area contributed by atoms with Gasteiger partial charge in [0.2, 0.25) is 15.9 Å². The summed E-state index contributed by atoms with van der Waals surface area (Å²) < 4.78 is 33.1. The molecule has 10 heteroatoms. The molecule has 9 nitrogen and oxygen atoms in total. The van der Waals surface area contributed by atoms with E-state index < -0.39 is 22.0 Å². The van der Waals surface area contributed by atoms with Crippen LogP contribution in [0.25, 0.3) is 0 Å². The third-order valence-electron chi connectivity index (χ3n) is 4.96. The summed E-state index contributed by atoms with van der Waals surface area (Å²) in [5.74, 6) is -0.298. The van der Waals surface area contributed by atoms with Gasteiger partial charge in [0.15, 0.2) is 0 Å². The van der Waals surface area contributed by atoms with Crippen LogP contribution in [0, 0.1) is 5.92 Å². The number of nitrogens with one attached hydrogen (secondary N) is 1. The molecule has 2 amide bonds.